The van der Waals surface area contributed by atoms with E-state index in [0.29, 0.717) is 5.75 Å². The highest BCUT2D eigenvalue weighted by Crippen LogP contribution is 2.27. The zero-order valence-corrected chi connectivity index (χ0v) is 9.44. The van der Waals surface area contributed by atoms with Crippen LogP contribution >= 0.6 is 12.4 Å². The Morgan fingerprint density at radius 3 is 2.80 bits per heavy atom. The molecule has 0 saturated heterocycles. The lowest BCUT2D eigenvalue weighted by molar-refractivity contribution is 0.384. The Labute approximate surface area is 95.0 Å². The summed E-state index contributed by atoms with van der Waals surface area (Å²) in [5.41, 5.74) is 8.05. The normalized spacial score (nSPS) is 19.0. The van der Waals surface area contributed by atoms with Gasteiger partial charge in [0.1, 0.15) is 0 Å². The van der Waals surface area contributed by atoms with Crippen molar-refractivity contribution < 1.29 is 9.13 Å². The number of ether oxygens (including phenoxy) is 1. The Bertz CT molecular complexity index is 357. The average Bonchev–Trinajstić information content (AvgIpc) is 2.17. The minimum absolute atomic E-state index is 0. The summed E-state index contributed by atoms with van der Waals surface area (Å²) in [5.74, 6) is 0.0413. The molecule has 0 saturated carbocycles. The molecule has 0 bridgehead atoms. The maximum Gasteiger partial charge on any atom is 0.165 e. The lowest BCUT2D eigenvalue weighted by Crippen LogP contribution is -2.27. The van der Waals surface area contributed by atoms with Crippen molar-refractivity contribution in [2.75, 3.05) is 7.11 Å². The van der Waals surface area contributed by atoms with E-state index in [1.165, 1.54) is 7.11 Å². The van der Waals surface area contributed by atoms with Gasteiger partial charge in [0.25, 0.3) is 0 Å². The molecule has 2 N–H and O–H groups in total. The van der Waals surface area contributed by atoms with Crippen LogP contribution in [-0.2, 0) is 12.8 Å². The Morgan fingerprint density at radius 1 is 1.40 bits per heavy atom. The Morgan fingerprint density at radius 2 is 2.13 bits per heavy atom. The van der Waals surface area contributed by atoms with Crippen LogP contribution in [0.5, 0.6) is 5.75 Å². The van der Waals surface area contributed by atoms with Gasteiger partial charge in [0, 0.05) is 6.04 Å². The second kappa shape index (κ2) is 4.81. The third-order valence-electron chi connectivity index (χ3n) is 2.74. The van der Waals surface area contributed by atoms with Crippen molar-refractivity contribution in [3.8, 4) is 5.75 Å². The first-order chi connectivity index (χ1) is 6.70. The van der Waals surface area contributed by atoms with E-state index in [1.54, 1.807) is 12.1 Å². The van der Waals surface area contributed by atoms with Crippen LogP contribution in [0.4, 0.5) is 4.39 Å². The van der Waals surface area contributed by atoms with Crippen molar-refractivity contribution in [3.05, 3.63) is 29.1 Å². The van der Waals surface area contributed by atoms with Crippen molar-refractivity contribution in [1.82, 2.24) is 0 Å². The monoisotopic (exact) mass is 231 g/mol. The molecule has 1 aliphatic rings. The molecule has 0 heterocycles. The molecule has 1 aromatic rings. The molecule has 0 unspecified atom stereocenters. The highest BCUT2D eigenvalue weighted by molar-refractivity contribution is 5.85. The van der Waals surface area contributed by atoms with E-state index in [9.17, 15) is 4.39 Å². The Balaban J connectivity index is 0.00000112. The number of benzene rings is 1. The van der Waals surface area contributed by atoms with Crippen LogP contribution in [-0.4, -0.2) is 13.2 Å². The molecular formula is C11H15ClFNO. The van der Waals surface area contributed by atoms with E-state index in [4.69, 9.17) is 10.5 Å². The van der Waals surface area contributed by atoms with Gasteiger partial charge in [-0.2, -0.15) is 0 Å². The summed E-state index contributed by atoms with van der Waals surface area (Å²) in [7, 11) is 1.48. The van der Waals surface area contributed by atoms with Gasteiger partial charge in [-0.25, -0.2) is 4.39 Å². The second-order valence-corrected chi connectivity index (χ2v) is 3.76. The molecule has 0 aliphatic heterocycles. The minimum atomic E-state index is -0.276. The number of rotatable bonds is 1. The number of aryl methyl sites for hydroxylation is 1. The van der Waals surface area contributed by atoms with Gasteiger partial charge < -0.3 is 10.5 Å². The van der Waals surface area contributed by atoms with Crippen LogP contribution in [0.2, 0.25) is 0 Å². The second-order valence-electron chi connectivity index (χ2n) is 3.76. The fourth-order valence-electron chi connectivity index (χ4n) is 1.94. The largest absolute Gasteiger partial charge is 0.494 e. The van der Waals surface area contributed by atoms with Gasteiger partial charge in [-0.1, -0.05) is 0 Å². The van der Waals surface area contributed by atoms with Gasteiger partial charge in [0.15, 0.2) is 11.6 Å². The topological polar surface area (TPSA) is 35.2 Å². The number of nitrogens with two attached hydrogens (primary N) is 1. The number of methoxy groups -OCH3 is 1. The predicted octanol–water partition coefficient (Wildman–Crippen LogP) is 2.07. The van der Waals surface area contributed by atoms with Gasteiger partial charge in [0.2, 0.25) is 0 Å². The first-order valence-electron chi connectivity index (χ1n) is 4.81. The third-order valence-corrected chi connectivity index (χ3v) is 2.74. The minimum Gasteiger partial charge on any atom is -0.494 e. The van der Waals surface area contributed by atoms with Crippen LogP contribution in [0.3, 0.4) is 0 Å². The molecule has 0 radical (unpaired) electrons. The van der Waals surface area contributed by atoms with Crippen molar-refractivity contribution in [2.24, 2.45) is 5.73 Å². The summed E-state index contributed by atoms with van der Waals surface area (Å²) in [6.45, 7) is 0. The zero-order valence-electron chi connectivity index (χ0n) is 8.63. The molecule has 84 valence electrons. The first kappa shape index (κ1) is 12.3. The molecule has 1 aromatic carbocycles. The maximum atomic E-state index is 13.3. The van der Waals surface area contributed by atoms with E-state index >= 15 is 0 Å². The summed E-state index contributed by atoms with van der Waals surface area (Å²) in [4.78, 5) is 0. The van der Waals surface area contributed by atoms with Crippen molar-refractivity contribution in [2.45, 2.75) is 25.3 Å². The molecule has 15 heavy (non-hydrogen) atoms. The quantitative estimate of drug-likeness (QED) is 0.803. The van der Waals surface area contributed by atoms with Crippen LogP contribution in [0.15, 0.2) is 12.1 Å². The van der Waals surface area contributed by atoms with Crippen LogP contribution in [0.25, 0.3) is 0 Å². The summed E-state index contributed by atoms with van der Waals surface area (Å²) in [6.07, 6.45) is 2.64. The average molecular weight is 232 g/mol. The Hall–Kier alpha value is -0.800. The summed E-state index contributed by atoms with van der Waals surface area (Å²) < 4.78 is 18.2. The molecule has 1 aliphatic carbocycles. The number of fused-ring (bicyclic) bond motifs is 1. The zero-order chi connectivity index (χ0) is 10.1. The lowest BCUT2D eigenvalue weighted by atomic mass is 9.88. The first-order valence-corrected chi connectivity index (χ1v) is 4.81. The molecule has 2 rings (SSSR count). The van der Waals surface area contributed by atoms with Crippen LogP contribution < -0.4 is 10.5 Å². The predicted molar refractivity (Wildman–Crippen MR) is 60.2 cm³/mol. The number of hydrogen-bond acceptors (Lipinski definition) is 2. The summed E-state index contributed by atoms with van der Waals surface area (Å²) in [6, 6.07) is 3.54. The molecule has 0 amide bonds. The fraction of sp³-hybridized carbons (Fsp3) is 0.455. The number of hydrogen-bond donors (Lipinski definition) is 1. The highest BCUT2D eigenvalue weighted by Gasteiger charge is 2.18. The molecular weight excluding hydrogens is 217 g/mol. The maximum absolute atomic E-state index is 13.3. The van der Waals surface area contributed by atoms with E-state index in [0.717, 1.165) is 30.4 Å². The molecule has 0 fully saturated rings. The van der Waals surface area contributed by atoms with E-state index in [1.807, 2.05) is 0 Å². The lowest BCUT2D eigenvalue weighted by Gasteiger charge is -2.22. The molecule has 1 atom stereocenters. The van der Waals surface area contributed by atoms with Crippen molar-refractivity contribution in [3.63, 3.8) is 0 Å². The highest BCUT2D eigenvalue weighted by atomic mass is 35.5. The SMILES string of the molecule is COc1cc2c(cc1F)CC[C@@H](N)C2.Cl. The fourth-order valence-corrected chi connectivity index (χ4v) is 1.94. The van der Waals surface area contributed by atoms with Gasteiger partial charge in [-0.15, -0.1) is 12.4 Å². The molecule has 2 nitrogen and oxygen atoms in total. The molecule has 0 spiro atoms. The van der Waals surface area contributed by atoms with Gasteiger partial charge in [-0.05, 0) is 42.5 Å². The van der Waals surface area contributed by atoms with Crippen molar-refractivity contribution in [1.29, 1.82) is 0 Å². The summed E-state index contributed by atoms with van der Waals surface area (Å²) >= 11 is 0. The number of halogens is 2. The van der Waals surface area contributed by atoms with Crippen LogP contribution in [0, 0.1) is 5.82 Å². The van der Waals surface area contributed by atoms with Gasteiger partial charge >= 0.3 is 0 Å². The Kier molecular flexibility index (Phi) is 3.94. The van der Waals surface area contributed by atoms with Crippen molar-refractivity contribution >= 4 is 12.4 Å². The van der Waals surface area contributed by atoms with Gasteiger partial charge in [-0.3, -0.25) is 0 Å². The van der Waals surface area contributed by atoms with E-state index < -0.39 is 0 Å². The van der Waals surface area contributed by atoms with Crippen LogP contribution in [0.1, 0.15) is 17.5 Å². The van der Waals surface area contributed by atoms with E-state index in [-0.39, 0.29) is 24.3 Å². The smallest absolute Gasteiger partial charge is 0.165 e. The summed E-state index contributed by atoms with van der Waals surface area (Å²) in [5, 5.41) is 0. The standard InChI is InChI=1S/C11H14FNO.ClH/c1-14-11-6-8-4-9(13)3-2-7(8)5-10(11)12;/h5-6,9H,2-4,13H2,1H3;1H/t9-;/m1./s1. The van der Waals surface area contributed by atoms with Gasteiger partial charge in [0.05, 0.1) is 7.11 Å². The third kappa shape index (κ3) is 2.41. The molecule has 4 heteroatoms. The van der Waals surface area contributed by atoms with E-state index in [2.05, 4.69) is 0 Å². The molecule has 0 aromatic heterocycles.